The number of anilines is 1. The molecule has 1 heterocycles. The summed E-state index contributed by atoms with van der Waals surface area (Å²) in [5, 5.41) is 1.62. The largest absolute Gasteiger partial charge is 0.471 e. The lowest BCUT2D eigenvalue weighted by Gasteiger charge is -2.06. The summed E-state index contributed by atoms with van der Waals surface area (Å²) >= 11 is 0. The van der Waals surface area contributed by atoms with E-state index < -0.39 is 18.6 Å². The van der Waals surface area contributed by atoms with Crippen LogP contribution in [0, 0.1) is 0 Å². The maximum atomic E-state index is 11.8. The molecule has 1 rings (SSSR count). The molecule has 1 aromatic rings. The first-order valence-corrected chi connectivity index (χ1v) is 3.82. The number of alkyl halides is 3. The molecule has 0 aromatic carbocycles. The SMILES string of the molecule is Nc1ccnc(CNC(=O)C(F)(F)F)n1. The predicted molar refractivity (Wildman–Crippen MR) is 44.3 cm³/mol. The Morgan fingerprint density at radius 2 is 2.20 bits per heavy atom. The predicted octanol–water partition coefficient (Wildman–Crippen LogP) is 0.237. The maximum absolute atomic E-state index is 11.8. The van der Waals surface area contributed by atoms with Crippen LogP contribution in [0.5, 0.6) is 0 Å². The van der Waals surface area contributed by atoms with Gasteiger partial charge in [-0.15, -0.1) is 0 Å². The molecule has 3 N–H and O–H groups in total. The third-order valence-electron chi connectivity index (χ3n) is 1.39. The summed E-state index contributed by atoms with van der Waals surface area (Å²) in [5.41, 5.74) is 5.26. The zero-order valence-electron chi connectivity index (χ0n) is 7.38. The van der Waals surface area contributed by atoms with Gasteiger partial charge in [0.2, 0.25) is 0 Å². The molecule has 5 nitrogen and oxygen atoms in total. The second kappa shape index (κ2) is 4.11. The highest BCUT2D eigenvalue weighted by Gasteiger charge is 2.38. The second-order valence-electron chi connectivity index (χ2n) is 2.58. The van der Waals surface area contributed by atoms with Crippen LogP contribution in [0.1, 0.15) is 5.82 Å². The third-order valence-corrected chi connectivity index (χ3v) is 1.39. The Bertz CT molecular complexity index is 365. The number of nitrogens with two attached hydrogens (primary N) is 1. The maximum Gasteiger partial charge on any atom is 0.471 e. The van der Waals surface area contributed by atoms with Crippen LogP contribution in [-0.4, -0.2) is 22.1 Å². The molecule has 0 spiro atoms. The van der Waals surface area contributed by atoms with Crippen molar-refractivity contribution in [3.8, 4) is 0 Å². The number of hydrogen-bond acceptors (Lipinski definition) is 4. The molecule has 15 heavy (non-hydrogen) atoms. The first-order valence-electron chi connectivity index (χ1n) is 3.82. The van der Waals surface area contributed by atoms with E-state index in [-0.39, 0.29) is 11.6 Å². The van der Waals surface area contributed by atoms with Crippen LogP contribution in [0.3, 0.4) is 0 Å². The fraction of sp³-hybridized carbons (Fsp3) is 0.286. The van der Waals surface area contributed by atoms with Crippen LogP contribution in [0.25, 0.3) is 0 Å². The van der Waals surface area contributed by atoms with Gasteiger partial charge in [-0.05, 0) is 6.07 Å². The van der Waals surface area contributed by atoms with Gasteiger partial charge in [-0.2, -0.15) is 13.2 Å². The molecule has 0 saturated heterocycles. The summed E-state index contributed by atoms with van der Waals surface area (Å²) in [6.07, 6.45) is -3.61. The number of hydrogen-bond donors (Lipinski definition) is 2. The van der Waals surface area contributed by atoms with E-state index in [1.165, 1.54) is 12.3 Å². The highest BCUT2D eigenvalue weighted by molar-refractivity contribution is 5.81. The number of nitrogens with zero attached hydrogens (tertiary/aromatic N) is 2. The van der Waals surface area contributed by atoms with E-state index in [4.69, 9.17) is 5.73 Å². The van der Waals surface area contributed by atoms with Crippen LogP contribution in [-0.2, 0) is 11.3 Å². The Morgan fingerprint density at radius 3 is 2.73 bits per heavy atom. The van der Waals surface area contributed by atoms with Crippen LogP contribution < -0.4 is 11.1 Å². The Balaban J connectivity index is 2.55. The van der Waals surface area contributed by atoms with Gasteiger partial charge in [-0.3, -0.25) is 4.79 Å². The number of carbonyl (C=O) groups is 1. The molecule has 1 aromatic heterocycles. The highest BCUT2D eigenvalue weighted by Crippen LogP contribution is 2.14. The smallest absolute Gasteiger partial charge is 0.384 e. The van der Waals surface area contributed by atoms with E-state index in [0.717, 1.165) is 0 Å². The molecule has 0 radical (unpaired) electrons. The van der Waals surface area contributed by atoms with Gasteiger partial charge >= 0.3 is 12.1 Å². The van der Waals surface area contributed by atoms with E-state index >= 15 is 0 Å². The van der Waals surface area contributed by atoms with Gasteiger partial charge in [0.1, 0.15) is 11.6 Å². The first kappa shape index (κ1) is 11.2. The zero-order chi connectivity index (χ0) is 11.5. The molecule has 0 saturated carbocycles. The normalized spacial score (nSPS) is 11.1. The molecule has 8 heteroatoms. The summed E-state index contributed by atoms with van der Waals surface area (Å²) in [6.45, 7) is -0.413. The molecule has 0 unspecified atom stereocenters. The van der Waals surface area contributed by atoms with Gasteiger partial charge in [0.15, 0.2) is 0 Å². The van der Waals surface area contributed by atoms with E-state index in [0.29, 0.717) is 0 Å². The number of rotatable bonds is 2. The number of nitrogen functional groups attached to an aromatic ring is 1. The van der Waals surface area contributed by atoms with Gasteiger partial charge in [-0.1, -0.05) is 0 Å². The minimum Gasteiger partial charge on any atom is -0.384 e. The summed E-state index contributed by atoms with van der Waals surface area (Å²) < 4.78 is 35.3. The van der Waals surface area contributed by atoms with Crippen LogP contribution >= 0.6 is 0 Å². The Kier molecular flexibility index (Phi) is 3.08. The molecule has 0 fully saturated rings. The average Bonchev–Trinajstić information content (AvgIpc) is 2.12. The molecule has 0 aliphatic carbocycles. The van der Waals surface area contributed by atoms with Crippen molar-refractivity contribution in [2.75, 3.05) is 5.73 Å². The van der Waals surface area contributed by atoms with E-state index in [2.05, 4.69) is 9.97 Å². The summed E-state index contributed by atoms with van der Waals surface area (Å²) in [4.78, 5) is 17.6. The van der Waals surface area contributed by atoms with E-state index in [9.17, 15) is 18.0 Å². The number of halogens is 3. The molecule has 0 bridgehead atoms. The molecular weight excluding hydrogens is 213 g/mol. The third kappa shape index (κ3) is 3.41. The van der Waals surface area contributed by atoms with E-state index in [1.54, 1.807) is 5.32 Å². The molecule has 1 amide bonds. The van der Waals surface area contributed by atoms with Gasteiger partial charge < -0.3 is 11.1 Å². The van der Waals surface area contributed by atoms with Crippen molar-refractivity contribution >= 4 is 11.7 Å². The number of aromatic nitrogens is 2. The molecule has 0 atom stereocenters. The van der Waals surface area contributed by atoms with E-state index in [1.807, 2.05) is 0 Å². The van der Waals surface area contributed by atoms with Crippen molar-refractivity contribution in [2.24, 2.45) is 0 Å². The number of carbonyl (C=O) groups excluding carboxylic acids is 1. The van der Waals surface area contributed by atoms with Crippen molar-refractivity contribution < 1.29 is 18.0 Å². The summed E-state index contributed by atoms with van der Waals surface area (Å²) in [7, 11) is 0. The lowest BCUT2D eigenvalue weighted by Crippen LogP contribution is -2.36. The lowest BCUT2D eigenvalue weighted by atomic mass is 10.5. The minimum absolute atomic E-state index is 0.0209. The standard InChI is InChI=1S/C7H7F3N4O/c8-7(9,10)6(15)13-3-5-12-2-1-4(11)14-5/h1-2H,3H2,(H,13,15)(H2,11,12,14). The average molecular weight is 220 g/mol. The van der Waals surface area contributed by atoms with Gasteiger partial charge in [0, 0.05) is 6.20 Å². The Labute approximate surface area is 82.5 Å². The van der Waals surface area contributed by atoms with Crippen molar-refractivity contribution in [3.63, 3.8) is 0 Å². The Hall–Kier alpha value is -1.86. The second-order valence-corrected chi connectivity index (χ2v) is 2.58. The topological polar surface area (TPSA) is 80.9 Å². The molecule has 82 valence electrons. The van der Waals surface area contributed by atoms with Crippen LogP contribution in [0.15, 0.2) is 12.3 Å². The van der Waals surface area contributed by atoms with Crippen LogP contribution in [0.4, 0.5) is 19.0 Å². The number of amides is 1. The van der Waals surface area contributed by atoms with Gasteiger partial charge in [-0.25, -0.2) is 9.97 Å². The minimum atomic E-state index is -4.90. The van der Waals surface area contributed by atoms with Crippen molar-refractivity contribution in [1.82, 2.24) is 15.3 Å². The quantitative estimate of drug-likeness (QED) is 0.747. The highest BCUT2D eigenvalue weighted by atomic mass is 19.4. The molecular formula is C7H7F3N4O. The van der Waals surface area contributed by atoms with Crippen LogP contribution in [0.2, 0.25) is 0 Å². The number of nitrogens with one attached hydrogen (secondary N) is 1. The fourth-order valence-corrected chi connectivity index (χ4v) is 0.760. The van der Waals surface area contributed by atoms with Crippen molar-refractivity contribution in [2.45, 2.75) is 12.7 Å². The first-order chi connectivity index (χ1) is 6.89. The van der Waals surface area contributed by atoms with Crippen molar-refractivity contribution in [3.05, 3.63) is 18.1 Å². The fourth-order valence-electron chi connectivity index (χ4n) is 0.760. The zero-order valence-corrected chi connectivity index (χ0v) is 7.38. The van der Waals surface area contributed by atoms with Gasteiger partial charge in [0.25, 0.3) is 0 Å². The summed E-state index contributed by atoms with van der Waals surface area (Å²) in [6, 6.07) is 1.38. The Morgan fingerprint density at radius 1 is 1.53 bits per heavy atom. The lowest BCUT2D eigenvalue weighted by molar-refractivity contribution is -0.173. The van der Waals surface area contributed by atoms with Crippen molar-refractivity contribution in [1.29, 1.82) is 0 Å². The molecule has 0 aliphatic rings. The summed E-state index contributed by atoms with van der Waals surface area (Å²) in [5.74, 6) is -1.89. The molecule has 0 aliphatic heterocycles. The van der Waals surface area contributed by atoms with Gasteiger partial charge in [0.05, 0.1) is 6.54 Å². The monoisotopic (exact) mass is 220 g/mol.